The molecule has 2 aromatic carbocycles. The van der Waals surface area contributed by atoms with E-state index >= 15 is 0 Å². The largest absolute Gasteiger partial charge is 0.493 e. The fourth-order valence-electron chi connectivity index (χ4n) is 2.12. The maximum atomic E-state index is 12.1. The molecular weight excluding hydrogens is 312 g/mol. The fraction of sp³-hybridized carbons (Fsp3) is 0.278. The van der Waals surface area contributed by atoms with Crippen LogP contribution in [0.25, 0.3) is 0 Å². The van der Waals surface area contributed by atoms with E-state index in [-0.39, 0.29) is 5.91 Å². The van der Waals surface area contributed by atoms with Crippen LogP contribution in [0.2, 0.25) is 5.02 Å². The smallest absolute Gasteiger partial charge is 0.226 e. The number of carbonyl (C=O) groups excluding carboxylic acids is 1. The number of nitrogen functional groups attached to an aromatic ring is 1. The number of rotatable bonds is 7. The molecule has 23 heavy (non-hydrogen) atoms. The van der Waals surface area contributed by atoms with Gasteiger partial charge in [0.1, 0.15) is 5.75 Å². The van der Waals surface area contributed by atoms with Crippen molar-refractivity contribution in [2.45, 2.75) is 12.8 Å². The topological polar surface area (TPSA) is 55.6 Å². The van der Waals surface area contributed by atoms with Crippen LogP contribution in [0.1, 0.15) is 12.0 Å². The lowest BCUT2D eigenvalue weighted by Crippen LogP contribution is -2.30. The first-order valence-electron chi connectivity index (χ1n) is 7.51. The van der Waals surface area contributed by atoms with Crippen LogP contribution in [-0.2, 0) is 11.2 Å². The summed E-state index contributed by atoms with van der Waals surface area (Å²) in [6.07, 6.45) is 1.14. The Bertz CT molecular complexity index is 644. The third-order valence-corrected chi connectivity index (χ3v) is 3.70. The van der Waals surface area contributed by atoms with E-state index < -0.39 is 0 Å². The zero-order chi connectivity index (χ0) is 16.7. The maximum absolute atomic E-state index is 12.1. The van der Waals surface area contributed by atoms with Crippen LogP contribution in [0.15, 0.2) is 48.5 Å². The molecule has 1 amide bonds. The lowest BCUT2D eigenvalue weighted by molar-refractivity contribution is -0.129. The van der Waals surface area contributed by atoms with Gasteiger partial charge in [-0.2, -0.15) is 0 Å². The lowest BCUT2D eigenvalue weighted by Gasteiger charge is -2.17. The molecule has 4 nitrogen and oxygen atoms in total. The van der Waals surface area contributed by atoms with Crippen LogP contribution in [0.4, 0.5) is 5.69 Å². The number of hydrogen-bond acceptors (Lipinski definition) is 3. The molecule has 0 fully saturated rings. The summed E-state index contributed by atoms with van der Waals surface area (Å²) < 4.78 is 5.61. The van der Waals surface area contributed by atoms with Crippen LogP contribution in [0, 0.1) is 0 Å². The SMILES string of the molecule is CN(CCCOc1cccc(Cl)c1)C(=O)Cc1ccc(N)cc1. The Labute approximate surface area is 141 Å². The molecule has 0 saturated carbocycles. The van der Waals surface area contributed by atoms with E-state index in [1.54, 1.807) is 36.2 Å². The molecule has 2 aromatic rings. The number of carbonyl (C=O) groups is 1. The van der Waals surface area contributed by atoms with Crippen molar-refractivity contribution >= 4 is 23.2 Å². The molecule has 0 heterocycles. The van der Waals surface area contributed by atoms with Gasteiger partial charge in [-0.25, -0.2) is 0 Å². The minimum Gasteiger partial charge on any atom is -0.493 e. The van der Waals surface area contributed by atoms with Gasteiger partial charge in [-0.3, -0.25) is 4.79 Å². The highest BCUT2D eigenvalue weighted by Gasteiger charge is 2.09. The summed E-state index contributed by atoms with van der Waals surface area (Å²) in [7, 11) is 1.80. The van der Waals surface area contributed by atoms with E-state index in [1.807, 2.05) is 24.3 Å². The zero-order valence-electron chi connectivity index (χ0n) is 13.2. The second-order valence-electron chi connectivity index (χ2n) is 5.39. The number of nitrogens with two attached hydrogens (primary N) is 1. The minimum absolute atomic E-state index is 0.0810. The van der Waals surface area contributed by atoms with Crippen molar-refractivity contribution in [1.29, 1.82) is 0 Å². The zero-order valence-corrected chi connectivity index (χ0v) is 13.9. The molecule has 2 N–H and O–H groups in total. The van der Waals surface area contributed by atoms with Gasteiger partial charge in [0.2, 0.25) is 5.91 Å². The van der Waals surface area contributed by atoms with E-state index in [4.69, 9.17) is 22.1 Å². The Kier molecular flexibility index (Phi) is 6.29. The van der Waals surface area contributed by atoms with Crippen LogP contribution in [-0.4, -0.2) is 31.0 Å². The average Bonchev–Trinajstić information content (AvgIpc) is 2.53. The summed E-state index contributed by atoms with van der Waals surface area (Å²) in [5.74, 6) is 0.825. The molecule has 0 saturated heterocycles. The fourth-order valence-corrected chi connectivity index (χ4v) is 2.30. The van der Waals surface area contributed by atoms with Gasteiger partial charge in [-0.05, 0) is 42.3 Å². The first-order chi connectivity index (χ1) is 11.0. The number of halogens is 1. The quantitative estimate of drug-likeness (QED) is 0.624. The van der Waals surface area contributed by atoms with Crippen molar-refractivity contribution in [3.8, 4) is 5.75 Å². The molecule has 0 aliphatic heterocycles. The standard InChI is InChI=1S/C18H21ClN2O2/c1-21(18(22)12-14-6-8-16(20)9-7-14)10-3-11-23-17-5-2-4-15(19)13-17/h2,4-9,13H,3,10-12,20H2,1H3. The second-order valence-corrected chi connectivity index (χ2v) is 5.83. The summed E-state index contributed by atoms with van der Waals surface area (Å²) in [6, 6.07) is 14.7. The Balaban J connectivity index is 1.70. The van der Waals surface area contributed by atoms with Crippen LogP contribution in [0.3, 0.4) is 0 Å². The summed E-state index contributed by atoms with van der Waals surface area (Å²) in [6.45, 7) is 1.19. The summed E-state index contributed by atoms with van der Waals surface area (Å²) in [5, 5.41) is 0.651. The number of likely N-dealkylation sites (N-methyl/N-ethyl adjacent to an activating group) is 1. The normalized spacial score (nSPS) is 10.3. The Morgan fingerprint density at radius 3 is 2.65 bits per heavy atom. The molecule has 0 bridgehead atoms. The molecule has 0 aliphatic rings. The minimum atomic E-state index is 0.0810. The molecular formula is C18H21ClN2O2. The van der Waals surface area contributed by atoms with Crippen LogP contribution >= 0.6 is 11.6 Å². The van der Waals surface area contributed by atoms with E-state index in [1.165, 1.54) is 0 Å². The molecule has 0 radical (unpaired) electrons. The van der Waals surface area contributed by atoms with Crippen molar-refractivity contribution in [1.82, 2.24) is 4.90 Å². The Morgan fingerprint density at radius 1 is 1.22 bits per heavy atom. The van der Waals surface area contributed by atoms with Crippen molar-refractivity contribution in [2.24, 2.45) is 0 Å². The Morgan fingerprint density at radius 2 is 1.96 bits per heavy atom. The van der Waals surface area contributed by atoms with E-state index in [0.29, 0.717) is 30.3 Å². The van der Waals surface area contributed by atoms with E-state index in [2.05, 4.69) is 0 Å². The van der Waals surface area contributed by atoms with Crippen molar-refractivity contribution < 1.29 is 9.53 Å². The van der Waals surface area contributed by atoms with Crippen molar-refractivity contribution in [3.63, 3.8) is 0 Å². The number of amides is 1. The molecule has 5 heteroatoms. The second kappa shape index (κ2) is 8.44. The predicted molar refractivity (Wildman–Crippen MR) is 93.8 cm³/mol. The number of hydrogen-bond donors (Lipinski definition) is 1. The monoisotopic (exact) mass is 332 g/mol. The average molecular weight is 333 g/mol. The van der Waals surface area contributed by atoms with Gasteiger partial charge in [0.15, 0.2) is 0 Å². The predicted octanol–water partition coefficient (Wildman–Crippen LogP) is 3.39. The van der Waals surface area contributed by atoms with Gasteiger partial charge >= 0.3 is 0 Å². The van der Waals surface area contributed by atoms with Crippen molar-refractivity contribution in [3.05, 3.63) is 59.1 Å². The van der Waals surface area contributed by atoms with Crippen LogP contribution in [0.5, 0.6) is 5.75 Å². The van der Waals surface area contributed by atoms with E-state index in [0.717, 1.165) is 17.7 Å². The molecule has 0 aromatic heterocycles. The third-order valence-electron chi connectivity index (χ3n) is 3.46. The highest BCUT2D eigenvalue weighted by atomic mass is 35.5. The summed E-state index contributed by atoms with van der Waals surface area (Å²) in [4.78, 5) is 13.9. The highest BCUT2D eigenvalue weighted by Crippen LogP contribution is 2.17. The summed E-state index contributed by atoms with van der Waals surface area (Å²) >= 11 is 5.90. The number of nitrogens with zero attached hydrogens (tertiary/aromatic N) is 1. The number of anilines is 1. The van der Waals surface area contributed by atoms with Crippen molar-refractivity contribution in [2.75, 3.05) is 25.9 Å². The Hall–Kier alpha value is -2.20. The van der Waals surface area contributed by atoms with Gasteiger partial charge in [0.05, 0.1) is 13.0 Å². The molecule has 0 spiro atoms. The first-order valence-corrected chi connectivity index (χ1v) is 7.89. The van der Waals surface area contributed by atoms with Gasteiger partial charge in [0.25, 0.3) is 0 Å². The molecule has 2 rings (SSSR count). The molecule has 0 atom stereocenters. The van der Waals surface area contributed by atoms with Gasteiger partial charge in [-0.15, -0.1) is 0 Å². The van der Waals surface area contributed by atoms with Gasteiger partial charge in [0, 0.05) is 24.3 Å². The number of benzene rings is 2. The lowest BCUT2D eigenvalue weighted by atomic mass is 10.1. The maximum Gasteiger partial charge on any atom is 0.226 e. The first kappa shape index (κ1) is 17.2. The molecule has 0 aliphatic carbocycles. The van der Waals surface area contributed by atoms with Crippen LogP contribution < -0.4 is 10.5 Å². The third kappa shape index (κ3) is 5.83. The van der Waals surface area contributed by atoms with Gasteiger partial charge in [-0.1, -0.05) is 29.8 Å². The molecule has 0 unspecified atom stereocenters. The number of ether oxygens (including phenoxy) is 1. The van der Waals surface area contributed by atoms with E-state index in [9.17, 15) is 4.79 Å². The van der Waals surface area contributed by atoms with Gasteiger partial charge < -0.3 is 15.4 Å². The molecule has 122 valence electrons. The highest BCUT2D eigenvalue weighted by molar-refractivity contribution is 6.30. The summed E-state index contributed by atoms with van der Waals surface area (Å²) in [5.41, 5.74) is 7.30.